The van der Waals surface area contributed by atoms with Crippen LogP contribution in [0.2, 0.25) is 0 Å². The normalized spacial score (nSPS) is 10.5. The van der Waals surface area contributed by atoms with Crippen molar-refractivity contribution in [1.29, 1.82) is 0 Å². The van der Waals surface area contributed by atoms with Gasteiger partial charge in [0.2, 0.25) is 5.88 Å². The molecular formula is C16H18ClNO. The largest absolute Gasteiger partial charge is 0.439 e. The summed E-state index contributed by atoms with van der Waals surface area (Å²) in [6.45, 7) is 6.18. The topological polar surface area (TPSA) is 22.1 Å². The number of hydrogen-bond acceptors (Lipinski definition) is 2. The molecule has 0 fully saturated rings. The number of aryl methyl sites for hydroxylation is 3. The zero-order chi connectivity index (χ0) is 13.8. The standard InChI is InChI=1S/C16H18ClNO/c1-4-14-8-13(10-17)9-16(18-14)19-15-6-11(2)5-12(3)7-15/h5-9H,4,10H2,1-3H3. The van der Waals surface area contributed by atoms with E-state index in [4.69, 9.17) is 16.3 Å². The van der Waals surface area contributed by atoms with E-state index in [1.165, 1.54) is 11.1 Å². The molecule has 2 rings (SSSR count). The third-order valence-electron chi connectivity index (χ3n) is 2.85. The molecule has 0 saturated heterocycles. The highest BCUT2D eigenvalue weighted by Crippen LogP contribution is 2.24. The number of nitrogens with zero attached hydrogens (tertiary/aromatic N) is 1. The number of ether oxygens (including phenoxy) is 1. The number of alkyl halides is 1. The molecule has 0 N–H and O–H groups in total. The van der Waals surface area contributed by atoms with Crippen molar-refractivity contribution in [2.24, 2.45) is 0 Å². The van der Waals surface area contributed by atoms with Crippen LogP contribution in [0, 0.1) is 13.8 Å². The first-order valence-electron chi connectivity index (χ1n) is 6.42. The molecule has 0 spiro atoms. The van der Waals surface area contributed by atoms with E-state index >= 15 is 0 Å². The average Bonchev–Trinajstić information content (AvgIpc) is 2.37. The van der Waals surface area contributed by atoms with Gasteiger partial charge in [-0.15, -0.1) is 11.6 Å². The van der Waals surface area contributed by atoms with Crippen LogP contribution in [0.1, 0.15) is 29.3 Å². The van der Waals surface area contributed by atoms with Crippen LogP contribution < -0.4 is 4.74 Å². The van der Waals surface area contributed by atoms with Gasteiger partial charge in [0.15, 0.2) is 0 Å². The Morgan fingerprint density at radius 3 is 2.32 bits per heavy atom. The molecule has 2 aromatic rings. The van der Waals surface area contributed by atoms with Crippen LogP contribution in [0.25, 0.3) is 0 Å². The Balaban J connectivity index is 2.31. The van der Waals surface area contributed by atoms with E-state index in [-0.39, 0.29) is 0 Å². The molecule has 1 heterocycles. The van der Waals surface area contributed by atoms with Crippen molar-refractivity contribution in [2.45, 2.75) is 33.1 Å². The third kappa shape index (κ3) is 3.71. The molecule has 0 amide bonds. The quantitative estimate of drug-likeness (QED) is 0.748. The summed E-state index contributed by atoms with van der Waals surface area (Å²) in [4.78, 5) is 4.47. The van der Waals surface area contributed by atoms with Gasteiger partial charge in [-0.05, 0) is 55.2 Å². The predicted octanol–water partition coefficient (Wildman–Crippen LogP) is 4.79. The Kier molecular flexibility index (Phi) is 4.43. The lowest BCUT2D eigenvalue weighted by Gasteiger charge is -2.09. The van der Waals surface area contributed by atoms with Crippen molar-refractivity contribution >= 4 is 11.6 Å². The minimum atomic E-state index is 0.471. The summed E-state index contributed by atoms with van der Waals surface area (Å²) in [5, 5.41) is 0. The Hall–Kier alpha value is -1.54. The third-order valence-corrected chi connectivity index (χ3v) is 3.16. The van der Waals surface area contributed by atoms with Crippen molar-refractivity contribution in [2.75, 3.05) is 0 Å². The number of halogens is 1. The van der Waals surface area contributed by atoms with Crippen LogP contribution in [0.3, 0.4) is 0 Å². The molecule has 1 aromatic carbocycles. The van der Waals surface area contributed by atoms with Gasteiger partial charge in [-0.25, -0.2) is 4.98 Å². The van der Waals surface area contributed by atoms with Gasteiger partial charge in [0.1, 0.15) is 5.75 Å². The van der Waals surface area contributed by atoms with Crippen LogP contribution >= 0.6 is 11.6 Å². The van der Waals surface area contributed by atoms with E-state index in [0.717, 1.165) is 23.4 Å². The van der Waals surface area contributed by atoms with E-state index in [9.17, 15) is 0 Å². The lowest BCUT2D eigenvalue weighted by molar-refractivity contribution is 0.459. The average molecular weight is 276 g/mol. The van der Waals surface area contributed by atoms with Gasteiger partial charge in [-0.3, -0.25) is 0 Å². The minimum Gasteiger partial charge on any atom is -0.439 e. The van der Waals surface area contributed by atoms with E-state index in [1.807, 2.05) is 24.3 Å². The number of aromatic nitrogens is 1. The van der Waals surface area contributed by atoms with Gasteiger partial charge >= 0.3 is 0 Å². The van der Waals surface area contributed by atoms with Crippen molar-refractivity contribution in [3.63, 3.8) is 0 Å². The molecule has 0 radical (unpaired) electrons. The van der Waals surface area contributed by atoms with E-state index < -0.39 is 0 Å². The number of pyridine rings is 1. The van der Waals surface area contributed by atoms with Crippen LogP contribution in [-0.2, 0) is 12.3 Å². The van der Waals surface area contributed by atoms with E-state index in [1.54, 1.807) is 0 Å². The van der Waals surface area contributed by atoms with Gasteiger partial charge in [-0.1, -0.05) is 13.0 Å². The molecule has 19 heavy (non-hydrogen) atoms. The lowest BCUT2D eigenvalue weighted by Crippen LogP contribution is -1.95. The monoisotopic (exact) mass is 275 g/mol. The molecule has 2 nitrogen and oxygen atoms in total. The number of benzene rings is 1. The highest BCUT2D eigenvalue weighted by atomic mass is 35.5. The minimum absolute atomic E-state index is 0.471. The van der Waals surface area contributed by atoms with Crippen molar-refractivity contribution < 1.29 is 4.74 Å². The first-order valence-corrected chi connectivity index (χ1v) is 6.96. The Labute approximate surface area is 119 Å². The maximum atomic E-state index is 5.90. The van der Waals surface area contributed by atoms with Crippen molar-refractivity contribution in [3.8, 4) is 11.6 Å². The fourth-order valence-electron chi connectivity index (χ4n) is 2.04. The van der Waals surface area contributed by atoms with Crippen LogP contribution in [0.4, 0.5) is 0 Å². The maximum absolute atomic E-state index is 5.90. The molecule has 0 atom stereocenters. The van der Waals surface area contributed by atoms with E-state index in [2.05, 4.69) is 31.8 Å². The highest BCUT2D eigenvalue weighted by molar-refractivity contribution is 6.17. The zero-order valence-electron chi connectivity index (χ0n) is 11.5. The highest BCUT2D eigenvalue weighted by Gasteiger charge is 2.05. The first-order chi connectivity index (χ1) is 9.10. The molecule has 0 aliphatic rings. The summed E-state index contributed by atoms with van der Waals surface area (Å²) in [7, 11) is 0. The second-order valence-electron chi connectivity index (χ2n) is 4.72. The molecular weight excluding hydrogens is 258 g/mol. The lowest BCUT2D eigenvalue weighted by atomic mass is 10.1. The van der Waals surface area contributed by atoms with Gasteiger partial charge in [0, 0.05) is 17.6 Å². The SMILES string of the molecule is CCc1cc(CCl)cc(Oc2cc(C)cc(C)c2)n1. The number of hydrogen-bond donors (Lipinski definition) is 0. The summed E-state index contributed by atoms with van der Waals surface area (Å²) in [6, 6.07) is 10.0. The molecule has 0 saturated carbocycles. The first kappa shape index (κ1) is 13.9. The van der Waals surface area contributed by atoms with Crippen molar-refractivity contribution in [3.05, 3.63) is 52.7 Å². The van der Waals surface area contributed by atoms with Gasteiger partial charge < -0.3 is 4.74 Å². The molecule has 0 bridgehead atoms. The smallest absolute Gasteiger partial charge is 0.219 e. The number of rotatable bonds is 4. The van der Waals surface area contributed by atoms with E-state index in [0.29, 0.717) is 11.8 Å². The van der Waals surface area contributed by atoms with Crippen LogP contribution in [-0.4, -0.2) is 4.98 Å². The molecule has 1 aromatic heterocycles. The summed E-state index contributed by atoms with van der Waals surface area (Å²) < 4.78 is 5.86. The van der Waals surface area contributed by atoms with Gasteiger partial charge in [0.05, 0.1) is 0 Å². The Morgan fingerprint density at radius 2 is 1.74 bits per heavy atom. The predicted molar refractivity (Wildman–Crippen MR) is 79.2 cm³/mol. The summed E-state index contributed by atoms with van der Waals surface area (Å²) in [6.07, 6.45) is 0.869. The summed E-state index contributed by atoms with van der Waals surface area (Å²) in [5.41, 5.74) is 4.39. The van der Waals surface area contributed by atoms with Crippen LogP contribution in [0.15, 0.2) is 30.3 Å². The molecule has 100 valence electrons. The van der Waals surface area contributed by atoms with Gasteiger partial charge in [-0.2, -0.15) is 0 Å². The molecule has 0 aliphatic heterocycles. The Morgan fingerprint density at radius 1 is 1.05 bits per heavy atom. The second-order valence-corrected chi connectivity index (χ2v) is 4.98. The maximum Gasteiger partial charge on any atom is 0.219 e. The summed E-state index contributed by atoms with van der Waals surface area (Å²) >= 11 is 5.90. The molecule has 3 heteroatoms. The fraction of sp³-hybridized carbons (Fsp3) is 0.312. The Bertz CT molecular complexity index is 538. The second kappa shape index (κ2) is 6.07. The van der Waals surface area contributed by atoms with Gasteiger partial charge in [0.25, 0.3) is 0 Å². The fourth-order valence-corrected chi connectivity index (χ4v) is 2.20. The molecule has 0 unspecified atom stereocenters. The van der Waals surface area contributed by atoms with Crippen LogP contribution in [0.5, 0.6) is 11.6 Å². The summed E-state index contributed by atoms with van der Waals surface area (Å²) in [5.74, 6) is 1.90. The van der Waals surface area contributed by atoms with Crippen molar-refractivity contribution in [1.82, 2.24) is 4.98 Å². The molecule has 0 aliphatic carbocycles. The zero-order valence-corrected chi connectivity index (χ0v) is 12.3.